The lowest BCUT2D eigenvalue weighted by atomic mass is 10.1. The van der Waals surface area contributed by atoms with E-state index < -0.39 is 16.0 Å². The van der Waals surface area contributed by atoms with E-state index in [4.69, 9.17) is 9.47 Å². The van der Waals surface area contributed by atoms with Crippen molar-refractivity contribution in [2.75, 3.05) is 13.7 Å². The minimum Gasteiger partial charge on any atom is -0.462 e. The molecule has 0 bridgehead atoms. The summed E-state index contributed by atoms with van der Waals surface area (Å²) in [5.41, 5.74) is 2.02. The van der Waals surface area contributed by atoms with Crippen molar-refractivity contribution >= 4 is 31.9 Å². The number of methoxy groups -OCH3 is 1. The topological polar surface area (TPSA) is 81.7 Å². The zero-order chi connectivity index (χ0) is 19.2. The van der Waals surface area contributed by atoms with Crippen molar-refractivity contribution < 1.29 is 22.7 Å². The summed E-state index contributed by atoms with van der Waals surface area (Å²) in [6, 6.07) is 11.7. The Morgan fingerprint density at radius 3 is 2.46 bits per heavy atom. The molecule has 2 rings (SSSR count). The lowest BCUT2D eigenvalue weighted by molar-refractivity contribution is 0.0526. The van der Waals surface area contributed by atoms with Gasteiger partial charge in [0.2, 0.25) is 10.0 Å². The summed E-state index contributed by atoms with van der Waals surface area (Å²) in [4.78, 5) is 11.8. The third-order valence-corrected chi connectivity index (χ3v) is 5.98. The first kappa shape index (κ1) is 20.6. The van der Waals surface area contributed by atoms with Crippen LogP contribution < -0.4 is 4.72 Å². The molecule has 2 aromatic carbocycles. The molecule has 1 N–H and O–H groups in total. The van der Waals surface area contributed by atoms with E-state index in [-0.39, 0.29) is 23.6 Å². The first-order chi connectivity index (χ1) is 12.4. The number of carbonyl (C=O) groups is 1. The maximum absolute atomic E-state index is 12.6. The molecule has 8 heteroatoms. The number of rotatable bonds is 8. The van der Waals surface area contributed by atoms with Gasteiger partial charge in [-0.15, -0.1) is 0 Å². The number of halogens is 1. The molecular formula is C18H20BrNO5S. The molecule has 6 nitrogen and oxygen atoms in total. The Balaban J connectivity index is 2.19. The molecule has 0 aliphatic rings. The molecular weight excluding hydrogens is 422 g/mol. The van der Waals surface area contributed by atoms with Gasteiger partial charge in [-0.3, -0.25) is 0 Å². The maximum atomic E-state index is 12.6. The molecule has 0 aliphatic heterocycles. The fraction of sp³-hybridized carbons (Fsp3) is 0.278. The molecule has 0 atom stereocenters. The first-order valence-electron chi connectivity index (χ1n) is 7.91. The van der Waals surface area contributed by atoms with Crippen molar-refractivity contribution in [2.45, 2.75) is 25.0 Å². The molecule has 0 saturated heterocycles. The fourth-order valence-electron chi connectivity index (χ4n) is 2.34. The molecule has 2 aromatic rings. The van der Waals surface area contributed by atoms with Gasteiger partial charge in [-0.1, -0.05) is 24.3 Å². The zero-order valence-corrected chi connectivity index (χ0v) is 16.9. The van der Waals surface area contributed by atoms with Crippen LogP contribution in [0.4, 0.5) is 0 Å². The number of ether oxygens (including phenoxy) is 2. The van der Waals surface area contributed by atoms with Crippen LogP contribution >= 0.6 is 15.9 Å². The van der Waals surface area contributed by atoms with Crippen LogP contribution in [0, 0.1) is 0 Å². The van der Waals surface area contributed by atoms with Crippen LogP contribution in [0.2, 0.25) is 0 Å². The van der Waals surface area contributed by atoms with Crippen LogP contribution in [-0.2, 0) is 32.6 Å². The summed E-state index contributed by atoms with van der Waals surface area (Å²) in [5.74, 6) is -0.501. The van der Waals surface area contributed by atoms with Gasteiger partial charge in [-0.2, -0.15) is 0 Å². The van der Waals surface area contributed by atoms with E-state index in [1.807, 2.05) is 24.3 Å². The smallest absolute Gasteiger partial charge is 0.338 e. The van der Waals surface area contributed by atoms with Crippen LogP contribution in [-0.4, -0.2) is 28.1 Å². The highest BCUT2D eigenvalue weighted by molar-refractivity contribution is 9.10. The molecule has 0 amide bonds. The van der Waals surface area contributed by atoms with Gasteiger partial charge in [0, 0.05) is 18.1 Å². The highest BCUT2D eigenvalue weighted by atomic mass is 79.9. The largest absolute Gasteiger partial charge is 0.462 e. The molecule has 0 radical (unpaired) electrons. The number of sulfonamides is 1. The van der Waals surface area contributed by atoms with Crippen molar-refractivity contribution in [3.8, 4) is 0 Å². The summed E-state index contributed by atoms with van der Waals surface area (Å²) in [6.45, 7) is 2.49. The fourth-order valence-corrected chi connectivity index (χ4v) is 4.42. The molecule has 0 aromatic heterocycles. The Morgan fingerprint density at radius 2 is 1.85 bits per heavy atom. The second-order valence-electron chi connectivity index (χ2n) is 5.39. The number of nitrogens with one attached hydrogen (secondary N) is 1. The van der Waals surface area contributed by atoms with Gasteiger partial charge >= 0.3 is 5.97 Å². The highest BCUT2D eigenvalue weighted by Gasteiger charge is 2.20. The van der Waals surface area contributed by atoms with E-state index in [0.29, 0.717) is 11.1 Å². The van der Waals surface area contributed by atoms with E-state index in [9.17, 15) is 13.2 Å². The Bertz CT molecular complexity index is 883. The van der Waals surface area contributed by atoms with Gasteiger partial charge in [0.25, 0.3) is 0 Å². The van der Waals surface area contributed by atoms with Crippen molar-refractivity contribution in [1.29, 1.82) is 0 Å². The molecule has 26 heavy (non-hydrogen) atoms. The van der Waals surface area contributed by atoms with Crippen LogP contribution in [0.1, 0.15) is 28.4 Å². The average Bonchev–Trinajstić information content (AvgIpc) is 2.61. The first-order valence-corrected chi connectivity index (χ1v) is 10.2. The lowest BCUT2D eigenvalue weighted by Crippen LogP contribution is -2.24. The number of benzene rings is 2. The van der Waals surface area contributed by atoms with Crippen molar-refractivity contribution in [1.82, 2.24) is 4.72 Å². The van der Waals surface area contributed by atoms with Crippen LogP contribution in [0.3, 0.4) is 0 Å². The predicted molar refractivity (Wildman–Crippen MR) is 101 cm³/mol. The molecule has 0 aliphatic carbocycles. The van der Waals surface area contributed by atoms with Gasteiger partial charge in [0.05, 0.1) is 23.7 Å². The Morgan fingerprint density at radius 1 is 1.15 bits per heavy atom. The molecule has 0 heterocycles. The van der Waals surface area contributed by atoms with Crippen LogP contribution in [0.5, 0.6) is 0 Å². The lowest BCUT2D eigenvalue weighted by Gasteiger charge is -2.12. The van der Waals surface area contributed by atoms with Gasteiger partial charge in [0.1, 0.15) is 0 Å². The average molecular weight is 442 g/mol. The molecule has 0 unspecified atom stereocenters. The van der Waals surface area contributed by atoms with E-state index in [0.717, 1.165) is 11.1 Å². The van der Waals surface area contributed by atoms with Crippen molar-refractivity contribution in [2.24, 2.45) is 0 Å². The number of carbonyl (C=O) groups excluding carboxylic acids is 1. The zero-order valence-electron chi connectivity index (χ0n) is 14.5. The van der Waals surface area contributed by atoms with Gasteiger partial charge in [0.15, 0.2) is 0 Å². The third-order valence-electron chi connectivity index (χ3n) is 3.60. The van der Waals surface area contributed by atoms with Gasteiger partial charge < -0.3 is 9.47 Å². The Labute approximate surface area is 161 Å². The third kappa shape index (κ3) is 5.14. The van der Waals surface area contributed by atoms with Gasteiger partial charge in [-0.05, 0) is 52.2 Å². The minimum atomic E-state index is -3.77. The van der Waals surface area contributed by atoms with Gasteiger partial charge in [-0.25, -0.2) is 17.9 Å². The minimum absolute atomic E-state index is 0.0507. The Kier molecular flexibility index (Phi) is 7.33. The normalized spacial score (nSPS) is 11.3. The summed E-state index contributed by atoms with van der Waals surface area (Å²) in [6.07, 6.45) is 0. The van der Waals surface area contributed by atoms with Crippen LogP contribution in [0.25, 0.3) is 0 Å². The van der Waals surface area contributed by atoms with Crippen molar-refractivity contribution in [3.63, 3.8) is 0 Å². The molecule has 0 spiro atoms. The summed E-state index contributed by atoms with van der Waals surface area (Å²) >= 11 is 3.22. The monoisotopic (exact) mass is 441 g/mol. The molecule has 0 fully saturated rings. The highest BCUT2D eigenvalue weighted by Crippen LogP contribution is 2.24. The second-order valence-corrected chi connectivity index (χ2v) is 7.98. The number of hydrogen-bond donors (Lipinski definition) is 1. The predicted octanol–water partition coefficient (Wildman–Crippen LogP) is 3.25. The quantitative estimate of drug-likeness (QED) is 0.635. The maximum Gasteiger partial charge on any atom is 0.338 e. The summed E-state index contributed by atoms with van der Waals surface area (Å²) in [7, 11) is -2.18. The van der Waals surface area contributed by atoms with E-state index in [2.05, 4.69) is 20.7 Å². The van der Waals surface area contributed by atoms with E-state index >= 15 is 0 Å². The molecule has 0 saturated carbocycles. The Hall–Kier alpha value is -1.74. The summed E-state index contributed by atoms with van der Waals surface area (Å²) < 4.78 is 38.1. The second kappa shape index (κ2) is 9.27. The SMILES string of the molecule is CCOC(=O)c1ccc(S(=O)(=O)NCc2ccccc2COC)c(Br)c1. The van der Waals surface area contributed by atoms with E-state index in [1.54, 1.807) is 14.0 Å². The van der Waals surface area contributed by atoms with Crippen molar-refractivity contribution in [3.05, 3.63) is 63.6 Å². The van der Waals surface area contributed by atoms with Crippen LogP contribution in [0.15, 0.2) is 51.8 Å². The molecule has 140 valence electrons. The number of esters is 1. The standard InChI is InChI=1S/C18H20BrNO5S/c1-3-25-18(21)13-8-9-17(16(19)10-13)26(22,23)20-11-14-6-4-5-7-15(14)12-24-2/h4-10,20H,3,11-12H2,1-2H3. The van der Waals surface area contributed by atoms with E-state index in [1.165, 1.54) is 18.2 Å². The summed E-state index contributed by atoms with van der Waals surface area (Å²) in [5, 5.41) is 0. The number of hydrogen-bond acceptors (Lipinski definition) is 5.